The summed E-state index contributed by atoms with van der Waals surface area (Å²) in [7, 11) is 0. The van der Waals surface area contributed by atoms with Gasteiger partial charge in [-0.15, -0.1) is 0 Å². The van der Waals surface area contributed by atoms with Crippen LogP contribution in [0.15, 0.2) is 24.3 Å². The first-order valence-electron chi connectivity index (χ1n) is 6.79. The van der Waals surface area contributed by atoms with Crippen LogP contribution in [-0.2, 0) is 9.47 Å². The van der Waals surface area contributed by atoms with Crippen molar-refractivity contribution in [3.05, 3.63) is 35.4 Å². The molecule has 120 valence electrons. The number of esters is 1. The van der Waals surface area contributed by atoms with Gasteiger partial charge in [-0.2, -0.15) is 13.2 Å². The van der Waals surface area contributed by atoms with E-state index in [0.717, 1.165) is 0 Å². The van der Waals surface area contributed by atoms with Crippen LogP contribution in [0.25, 0.3) is 0 Å². The number of Topliss-reactive ketones (excluding diaryl/α,β-unsaturated/α-hetero) is 1. The van der Waals surface area contributed by atoms with E-state index in [1.165, 1.54) is 31.2 Å². The maximum absolute atomic E-state index is 13.0. The molecule has 2 rings (SSSR count). The van der Waals surface area contributed by atoms with Crippen molar-refractivity contribution in [1.29, 1.82) is 0 Å². The van der Waals surface area contributed by atoms with Crippen LogP contribution in [0.2, 0.25) is 0 Å². The molecule has 0 spiro atoms. The highest BCUT2D eigenvalue weighted by atomic mass is 19.4. The van der Waals surface area contributed by atoms with Gasteiger partial charge in [-0.1, -0.05) is 12.1 Å². The summed E-state index contributed by atoms with van der Waals surface area (Å²) in [5.74, 6) is -1.29. The standard InChI is InChI=1S/C15H15F3O4/c1-9(19)10-4-6-11(7-5-10)14(20)22-13(15(16,17)18)12-3-2-8-21-12/h4-7,12-13H,2-3,8H2,1H3/t12-,13-/m0/s1. The van der Waals surface area contributed by atoms with Gasteiger partial charge in [-0.3, -0.25) is 4.79 Å². The Balaban J connectivity index is 2.11. The Morgan fingerprint density at radius 1 is 1.23 bits per heavy atom. The number of ether oxygens (including phenoxy) is 2. The van der Waals surface area contributed by atoms with Crippen LogP contribution < -0.4 is 0 Å². The van der Waals surface area contributed by atoms with Crippen LogP contribution in [0.4, 0.5) is 13.2 Å². The van der Waals surface area contributed by atoms with E-state index in [4.69, 9.17) is 4.74 Å². The zero-order valence-electron chi connectivity index (χ0n) is 11.9. The molecule has 2 atom stereocenters. The molecule has 4 nitrogen and oxygen atoms in total. The van der Waals surface area contributed by atoms with Gasteiger partial charge in [0.1, 0.15) is 6.10 Å². The average Bonchev–Trinajstić information content (AvgIpc) is 2.97. The van der Waals surface area contributed by atoms with Crippen molar-refractivity contribution in [2.24, 2.45) is 0 Å². The molecule has 1 aromatic rings. The smallest absolute Gasteiger partial charge is 0.428 e. The van der Waals surface area contributed by atoms with Gasteiger partial charge in [0.05, 0.1) is 5.56 Å². The summed E-state index contributed by atoms with van der Waals surface area (Å²) < 4.78 is 48.6. The van der Waals surface area contributed by atoms with Gasteiger partial charge in [0.25, 0.3) is 0 Å². The molecule has 22 heavy (non-hydrogen) atoms. The number of rotatable bonds is 4. The van der Waals surface area contributed by atoms with E-state index >= 15 is 0 Å². The molecule has 1 saturated heterocycles. The van der Waals surface area contributed by atoms with E-state index in [0.29, 0.717) is 12.0 Å². The van der Waals surface area contributed by atoms with Crippen molar-refractivity contribution in [3.63, 3.8) is 0 Å². The number of hydrogen-bond acceptors (Lipinski definition) is 4. The number of hydrogen-bond donors (Lipinski definition) is 0. The molecule has 1 fully saturated rings. The van der Waals surface area contributed by atoms with Gasteiger partial charge in [-0.05, 0) is 31.9 Å². The fourth-order valence-corrected chi connectivity index (χ4v) is 2.22. The lowest BCUT2D eigenvalue weighted by Crippen LogP contribution is -2.43. The number of carbonyl (C=O) groups is 2. The van der Waals surface area contributed by atoms with Crippen molar-refractivity contribution in [2.75, 3.05) is 6.61 Å². The minimum atomic E-state index is -4.69. The second-order valence-electron chi connectivity index (χ2n) is 5.05. The van der Waals surface area contributed by atoms with E-state index in [1.807, 2.05) is 0 Å². The predicted octanol–water partition coefficient (Wildman–Crippen LogP) is 3.16. The lowest BCUT2D eigenvalue weighted by Gasteiger charge is -2.25. The van der Waals surface area contributed by atoms with Crippen molar-refractivity contribution in [1.82, 2.24) is 0 Å². The first-order valence-corrected chi connectivity index (χ1v) is 6.79. The molecular formula is C15H15F3O4. The summed E-state index contributed by atoms with van der Waals surface area (Å²) in [4.78, 5) is 23.0. The molecule has 0 amide bonds. The van der Waals surface area contributed by atoms with Gasteiger partial charge in [0.2, 0.25) is 6.10 Å². The maximum atomic E-state index is 13.0. The Morgan fingerprint density at radius 3 is 2.27 bits per heavy atom. The fourth-order valence-electron chi connectivity index (χ4n) is 2.22. The first-order chi connectivity index (χ1) is 10.3. The average molecular weight is 316 g/mol. The molecule has 0 saturated carbocycles. The van der Waals surface area contributed by atoms with Crippen LogP contribution in [-0.4, -0.2) is 36.7 Å². The van der Waals surface area contributed by atoms with Gasteiger partial charge in [-0.25, -0.2) is 4.79 Å². The van der Waals surface area contributed by atoms with E-state index < -0.39 is 24.4 Å². The van der Waals surface area contributed by atoms with E-state index in [-0.39, 0.29) is 24.4 Å². The summed E-state index contributed by atoms with van der Waals surface area (Å²) >= 11 is 0. The Bertz CT molecular complexity index is 545. The lowest BCUT2D eigenvalue weighted by molar-refractivity contribution is -0.230. The van der Waals surface area contributed by atoms with Crippen molar-refractivity contribution in [3.8, 4) is 0 Å². The number of carbonyl (C=O) groups excluding carboxylic acids is 2. The summed E-state index contributed by atoms with van der Waals surface area (Å²) in [6.45, 7) is 1.58. The summed E-state index contributed by atoms with van der Waals surface area (Å²) in [5, 5.41) is 0. The number of benzene rings is 1. The molecule has 1 aliphatic rings. The van der Waals surface area contributed by atoms with Crippen molar-refractivity contribution >= 4 is 11.8 Å². The highest BCUT2D eigenvalue weighted by Gasteiger charge is 2.49. The van der Waals surface area contributed by atoms with Crippen LogP contribution in [0.1, 0.15) is 40.5 Å². The number of alkyl halides is 3. The van der Waals surface area contributed by atoms with Crippen LogP contribution in [0.5, 0.6) is 0 Å². The summed E-state index contributed by atoms with van der Waals surface area (Å²) in [5.41, 5.74) is 0.320. The lowest BCUT2D eigenvalue weighted by atomic mass is 10.1. The van der Waals surface area contributed by atoms with Gasteiger partial charge in [0.15, 0.2) is 5.78 Å². The molecule has 0 unspecified atom stereocenters. The molecule has 0 radical (unpaired) electrons. The summed E-state index contributed by atoms with van der Waals surface area (Å²) in [6.07, 6.45) is -7.44. The summed E-state index contributed by atoms with van der Waals surface area (Å²) in [6, 6.07) is 5.27. The molecule has 7 heteroatoms. The monoisotopic (exact) mass is 316 g/mol. The van der Waals surface area contributed by atoms with Gasteiger partial charge >= 0.3 is 12.1 Å². The molecule has 0 aliphatic carbocycles. The Kier molecular flexibility index (Phi) is 4.85. The van der Waals surface area contributed by atoms with E-state index in [9.17, 15) is 22.8 Å². The molecular weight excluding hydrogens is 301 g/mol. The molecule has 0 aromatic heterocycles. The molecule has 1 aromatic carbocycles. The first kappa shape index (κ1) is 16.5. The van der Waals surface area contributed by atoms with Crippen LogP contribution in [0, 0.1) is 0 Å². The number of halogens is 3. The SMILES string of the molecule is CC(=O)c1ccc(C(=O)O[C@@H]([C@@H]2CCCO2)C(F)(F)F)cc1. The normalized spacial score (nSPS) is 19.7. The zero-order chi connectivity index (χ0) is 16.3. The third-order valence-electron chi connectivity index (χ3n) is 3.39. The fraction of sp³-hybridized carbons (Fsp3) is 0.467. The largest absolute Gasteiger partial charge is 0.446 e. The van der Waals surface area contributed by atoms with Gasteiger partial charge < -0.3 is 9.47 Å². The van der Waals surface area contributed by atoms with Crippen molar-refractivity contribution in [2.45, 2.75) is 38.1 Å². The Morgan fingerprint density at radius 2 is 1.82 bits per heavy atom. The molecule has 1 aliphatic heterocycles. The minimum Gasteiger partial charge on any atom is -0.446 e. The molecule has 1 heterocycles. The highest BCUT2D eigenvalue weighted by Crippen LogP contribution is 2.31. The second-order valence-corrected chi connectivity index (χ2v) is 5.05. The topological polar surface area (TPSA) is 52.6 Å². The Hall–Kier alpha value is -1.89. The van der Waals surface area contributed by atoms with E-state index in [1.54, 1.807) is 0 Å². The minimum absolute atomic E-state index is 0.0442. The third kappa shape index (κ3) is 3.85. The van der Waals surface area contributed by atoms with Crippen LogP contribution in [0.3, 0.4) is 0 Å². The maximum Gasteiger partial charge on any atom is 0.428 e. The predicted molar refractivity (Wildman–Crippen MR) is 70.7 cm³/mol. The van der Waals surface area contributed by atoms with E-state index in [2.05, 4.69) is 4.74 Å². The molecule has 0 bridgehead atoms. The Labute approximate surface area is 125 Å². The zero-order valence-corrected chi connectivity index (χ0v) is 11.9. The third-order valence-corrected chi connectivity index (χ3v) is 3.39. The second kappa shape index (κ2) is 6.48. The van der Waals surface area contributed by atoms with Crippen LogP contribution >= 0.6 is 0 Å². The van der Waals surface area contributed by atoms with Gasteiger partial charge in [0, 0.05) is 12.2 Å². The highest BCUT2D eigenvalue weighted by molar-refractivity contribution is 5.96. The number of ketones is 1. The quantitative estimate of drug-likeness (QED) is 0.632. The molecule has 0 N–H and O–H groups in total. The van der Waals surface area contributed by atoms with Crippen molar-refractivity contribution < 1.29 is 32.2 Å².